The van der Waals surface area contributed by atoms with Crippen LogP contribution in [0, 0.1) is 0 Å². The van der Waals surface area contributed by atoms with Gasteiger partial charge in [-0.3, -0.25) is 4.98 Å². The average molecular weight is 234 g/mol. The van der Waals surface area contributed by atoms with E-state index in [4.69, 9.17) is 0 Å². The van der Waals surface area contributed by atoms with Gasteiger partial charge in [-0.2, -0.15) is 0 Å². The van der Waals surface area contributed by atoms with E-state index in [1.165, 1.54) is 0 Å². The molecule has 5 heteroatoms. The number of aromatic nitrogens is 3. The van der Waals surface area contributed by atoms with E-state index in [1.807, 2.05) is 18.2 Å². The van der Waals surface area contributed by atoms with E-state index in [9.17, 15) is 0 Å². The molecule has 2 rings (SSSR count). The summed E-state index contributed by atoms with van der Waals surface area (Å²) in [6.45, 7) is 3.07. The minimum atomic E-state index is 0.756. The number of pyridine rings is 1. The Labute approximate surface area is 98.8 Å². The third kappa shape index (κ3) is 3.00. The van der Waals surface area contributed by atoms with E-state index in [0.717, 1.165) is 35.2 Å². The summed E-state index contributed by atoms with van der Waals surface area (Å²) in [5.74, 6) is 0. The fourth-order valence-electron chi connectivity index (χ4n) is 1.29. The molecule has 2 aromatic rings. The van der Waals surface area contributed by atoms with Crippen molar-refractivity contribution >= 4 is 16.5 Å². The van der Waals surface area contributed by atoms with E-state index in [2.05, 4.69) is 27.4 Å². The van der Waals surface area contributed by atoms with E-state index < -0.39 is 0 Å². The van der Waals surface area contributed by atoms with Gasteiger partial charge in [0.15, 0.2) is 0 Å². The summed E-state index contributed by atoms with van der Waals surface area (Å²) in [6, 6.07) is 5.90. The lowest BCUT2D eigenvalue weighted by Gasteiger charge is -1.96. The fourth-order valence-corrected chi connectivity index (χ4v) is 2.07. The van der Waals surface area contributed by atoms with Crippen molar-refractivity contribution < 1.29 is 0 Å². The van der Waals surface area contributed by atoms with Gasteiger partial charge in [-0.05, 0) is 18.6 Å². The maximum atomic E-state index is 4.26. The van der Waals surface area contributed by atoms with Crippen molar-refractivity contribution in [3.63, 3.8) is 0 Å². The maximum absolute atomic E-state index is 4.26. The summed E-state index contributed by atoms with van der Waals surface area (Å²) in [5, 5.41) is 13.3. The van der Waals surface area contributed by atoms with Gasteiger partial charge in [0, 0.05) is 24.9 Å². The molecule has 0 spiro atoms. The van der Waals surface area contributed by atoms with Gasteiger partial charge in [-0.15, -0.1) is 10.2 Å². The van der Waals surface area contributed by atoms with Crippen LogP contribution in [0.4, 0.5) is 5.13 Å². The highest BCUT2D eigenvalue weighted by atomic mass is 32.1. The molecule has 4 nitrogen and oxygen atoms in total. The van der Waals surface area contributed by atoms with Gasteiger partial charge in [-0.1, -0.05) is 24.3 Å². The van der Waals surface area contributed by atoms with Crippen LogP contribution in [0.2, 0.25) is 0 Å². The molecule has 2 heterocycles. The Morgan fingerprint density at radius 2 is 2.25 bits per heavy atom. The SMILES string of the molecule is CCCNc1nnc(Cc2ccccn2)s1. The van der Waals surface area contributed by atoms with E-state index in [1.54, 1.807) is 17.5 Å². The van der Waals surface area contributed by atoms with Crippen LogP contribution >= 0.6 is 11.3 Å². The predicted molar refractivity (Wildman–Crippen MR) is 65.7 cm³/mol. The summed E-state index contributed by atoms with van der Waals surface area (Å²) >= 11 is 1.59. The average Bonchev–Trinajstić information content (AvgIpc) is 2.75. The molecule has 16 heavy (non-hydrogen) atoms. The number of nitrogens with zero attached hydrogens (tertiary/aromatic N) is 3. The number of hydrogen-bond acceptors (Lipinski definition) is 5. The summed E-state index contributed by atoms with van der Waals surface area (Å²) in [7, 11) is 0. The van der Waals surface area contributed by atoms with Crippen LogP contribution in [-0.2, 0) is 6.42 Å². The summed E-state index contributed by atoms with van der Waals surface area (Å²) in [6.07, 6.45) is 3.65. The predicted octanol–water partition coefficient (Wildman–Crippen LogP) is 2.35. The van der Waals surface area contributed by atoms with Crippen molar-refractivity contribution in [2.75, 3.05) is 11.9 Å². The van der Waals surface area contributed by atoms with Crippen LogP contribution in [0.5, 0.6) is 0 Å². The lowest BCUT2D eigenvalue weighted by Crippen LogP contribution is -1.98. The van der Waals surface area contributed by atoms with Crippen LogP contribution in [0.1, 0.15) is 24.0 Å². The van der Waals surface area contributed by atoms with Gasteiger partial charge >= 0.3 is 0 Å². The first-order valence-electron chi connectivity index (χ1n) is 5.34. The molecule has 0 aliphatic carbocycles. The van der Waals surface area contributed by atoms with E-state index >= 15 is 0 Å². The summed E-state index contributed by atoms with van der Waals surface area (Å²) in [5.41, 5.74) is 1.03. The van der Waals surface area contributed by atoms with Crippen molar-refractivity contribution in [2.45, 2.75) is 19.8 Å². The molecule has 0 aromatic carbocycles. The molecule has 84 valence electrons. The highest BCUT2D eigenvalue weighted by Crippen LogP contribution is 2.17. The van der Waals surface area contributed by atoms with E-state index in [0.29, 0.717) is 0 Å². The zero-order valence-corrected chi connectivity index (χ0v) is 10.00. The Hall–Kier alpha value is -1.49. The molecule has 0 unspecified atom stereocenters. The van der Waals surface area contributed by atoms with Gasteiger partial charge < -0.3 is 5.32 Å². The second-order valence-corrected chi connectivity index (χ2v) is 4.49. The van der Waals surface area contributed by atoms with Crippen LogP contribution in [0.15, 0.2) is 24.4 Å². The standard InChI is InChI=1S/C11H14N4S/c1-2-6-13-11-15-14-10(16-11)8-9-5-3-4-7-12-9/h3-5,7H,2,6,8H2,1H3,(H,13,15). The first-order valence-corrected chi connectivity index (χ1v) is 6.16. The van der Waals surface area contributed by atoms with Crippen LogP contribution in [0.25, 0.3) is 0 Å². The zero-order chi connectivity index (χ0) is 11.2. The number of rotatable bonds is 5. The molecule has 0 aliphatic heterocycles. The molecular formula is C11H14N4S. The highest BCUT2D eigenvalue weighted by Gasteiger charge is 2.04. The molecular weight excluding hydrogens is 220 g/mol. The van der Waals surface area contributed by atoms with Gasteiger partial charge in [0.1, 0.15) is 5.01 Å². The Kier molecular flexibility index (Phi) is 3.82. The first kappa shape index (κ1) is 11.0. The Morgan fingerprint density at radius 1 is 1.31 bits per heavy atom. The monoisotopic (exact) mass is 234 g/mol. The molecule has 0 amide bonds. The lowest BCUT2D eigenvalue weighted by atomic mass is 10.3. The third-order valence-electron chi connectivity index (χ3n) is 2.05. The second-order valence-electron chi connectivity index (χ2n) is 3.43. The molecule has 2 aromatic heterocycles. The van der Waals surface area contributed by atoms with Crippen molar-refractivity contribution in [3.8, 4) is 0 Å². The molecule has 1 N–H and O–H groups in total. The van der Waals surface area contributed by atoms with Gasteiger partial charge in [-0.25, -0.2) is 0 Å². The number of anilines is 1. The number of hydrogen-bond donors (Lipinski definition) is 1. The van der Waals surface area contributed by atoms with E-state index in [-0.39, 0.29) is 0 Å². The minimum absolute atomic E-state index is 0.756. The molecule has 0 saturated heterocycles. The van der Waals surface area contributed by atoms with Crippen molar-refractivity contribution in [3.05, 3.63) is 35.1 Å². The Balaban J connectivity index is 1.97. The Morgan fingerprint density at radius 3 is 3.00 bits per heavy atom. The smallest absolute Gasteiger partial charge is 0.205 e. The normalized spacial score (nSPS) is 10.3. The topological polar surface area (TPSA) is 50.7 Å². The highest BCUT2D eigenvalue weighted by molar-refractivity contribution is 7.15. The number of nitrogens with one attached hydrogen (secondary N) is 1. The summed E-state index contributed by atoms with van der Waals surface area (Å²) < 4.78 is 0. The van der Waals surface area contributed by atoms with Crippen LogP contribution in [0.3, 0.4) is 0 Å². The van der Waals surface area contributed by atoms with Crippen molar-refractivity contribution in [1.82, 2.24) is 15.2 Å². The second kappa shape index (κ2) is 5.55. The quantitative estimate of drug-likeness (QED) is 0.862. The van der Waals surface area contributed by atoms with Gasteiger partial charge in [0.2, 0.25) is 5.13 Å². The minimum Gasteiger partial charge on any atom is -0.360 e. The third-order valence-corrected chi connectivity index (χ3v) is 2.93. The fraction of sp³-hybridized carbons (Fsp3) is 0.364. The zero-order valence-electron chi connectivity index (χ0n) is 9.18. The maximum Gasteiger partial charge on any atom is 0.205 e. The van der Waals surface area contributed by atoms with Crippen LogP contribution in [-0.4, -0.2) is 21.7 Å². The van der Waals surface area contributed by atoms with Crippen LogP contribution < -0.4 is 5.32 Å². The van der Waals surface area contributed by atoms with Gasteiger partial charge in [0.05, 0.1) is 0 Å². The molecule has 0 bridgehead atoms. The van der Waals surface area contributed by atoms with Crippen molar-refractivity contribution in [2.24, 2.45) is 0 Å². The largest absolute Gasteiger partial charge is 0.360 e. The molecule has 0 aliphatic rings. The molecule has 0 saturated carbocycles. The molecule has 0 atom stereocenters. The molecule has 0 radical (unpaired) electrons. The Bertz CT molecular complexity index is 427. The lowest BCUT2D eigenvalue weighted by molar-refractivity contribution is 0.945. The van der Waals surface area contributed by atoms with Crippen molar-refractivity contribution in [1.29, 1.82) is 0 Å². The first-order chi connectivity index (χ1) is 7.88. The summed E-state index contributed by atoms with van der Waals surface area (Å²) in [4.78, 5) is 4.26. The van der Waals surface area contributed by atoms with Gasteiger partial charge in [0.25, 0.3) is 0 Å². The molecule has 0 fully saturated rings.